The second kappa shape index (κ2) is 6.12. The molecule has 0 unspecified atom stereocenters. The molecule has 2 aromatic heterocycles. The standard InChI is InChI=1S/C14H14N4O3S/c1-9-8-10(2-3-11(9)21-7-6-19)16-13-17-18-12(20)4-5-15-14(18)22-13/h2-5,8,19H,6-7H2,1H3,(H,16,17). The smallest absolute Gasteiger partial charge is 0.275 e. The molecule has 0 bridgehead atoms. The minimum absolute atomic E-state index is 0.0209. The Morgan fingerprint density at radius 1 is 1.41 bits per heavy atom. The highest BCUT2D eigenvalue weighted by molar-refractivity contribution is 7.20. The van der Waals surface area contributed by atoms with E-state index < -0.39 is 0 Å². The van der Waals surface area contributed by atoms with Crippen molar-refractivity contribution in [3.8, 4) is 5.75 Å². The van der Waals surface area contributed by atoms with Gasteiger partial charge < -0.3 is 15.2 Å². The molecule has 0 aliphatic rings. The van der Waals surface area contributed by atoms with Crippen LogP contribution in [-0.2, 0) is 0 Å². The summed E-state index contributed by atoms with van der Waals surface area (Å²) < 4.78 is 6.67. The lowest BCUT2D eigenvalue weighted by Crippen LogP contribution is -2.12. The molecule has 0 spiro atoms. The van der Waals surface area contributed by atoms with Crippen LogP contribution >= 0.6 is 11.3 Å². The van der Waals surface area contributed by atoms with Crippen LogP contribution in [0.4, 0.5) is 10.8 Å². The minimum atomic E-state index is -0.210. The van der Waals surface area contributed by atoms with Crippen molar-refractivity contribution >= 4 is 27.1 Å². The molecule has 0 aliphatic heterocycles. The Labute approximate surface area is 129 Å². The van der Waals surface area contributed by atoms with E-state index in [1.54, 1.807) is 0 Å². The van der Waals surface area contributed by atoms with Gasteiger partial charge in [-0.25, -0.2) is 4.98 Å². The highest BCUT2D eigenvalue weighted by Gasteiger charge is 2.07. The van der Waals surface area contributed by atoms with Crippen molar-refractivity contribution in [2.75, 3.05) is 18.5 Å². The first kappa shape index (κ1) is 14.5. The average molecular weight is 318 g/mol. The monoisotopic (exact) mass is 318 g/mol. The predicted octanol–water partition coefficient (Wildman–Crippen LogP) is 1.57. The van der Waals surface area contributed by atoms with Crippen molar-refractivity contribution in [2.24, 2.45) is 0 Å². The second-order valence-electron chi connectivity index (χ2n) is 4.56. The summed E-state index contributed by atoms with van der Waals surface area (Å²) in [5.74, 6) is 0.724. The second-order valence-corrected chi connectivity index (χ2v) is 5.52. The molecule has 0 radical (unpaired) electrons. The fourth-order valence-corrected chi connectivity index (χ4v) is 2.76. The Balaban J connectivity index is 1.84. The number of hydrogen-bond acceptors (Lipinski definition) is 7. The molecular weight excluding hydrogens is 304 g/mol. The molecule has 3 aromatic rings. The van der Waals surface area contributed by atoms with Gasteiger partial charge in [-0.3, -0.25) is 4.79 Å². The number of aliphatic hydroxyl groups excluding tert-OH is 1. The topological polar surface area (TPSA) is 88.8 Å². The van der Waals surface area contributed by atoms with Crippen LogP contribution in [0.2, 0.25) is 0 Å². The number of nitrogens with one attached hydrogen (secondary N) is 1. The largest absolute Gasteiger partial charge is 0.491 e. The molecule has 0 saturated heterocycles. The van der Waals surface area contributed by atoms with Gasteiger partial charge in [-0.15, -0.1) is 5.10 Å². The first-order valence-electron chi connectivity index (χ1n) is 6.63. The summed E-state index contributed by atoms with van der Waals surface area (Å²) >= 11 is 1.30. The number of fused-ring (bicyclic) bond motifs is 1. The summed E-state index contributed by atoms with van der Waals surface area (Å²) in [5, 5.41) is 16.7. The van der Waals surface area contributed by atoms with Crippen molar-refractivity contribution < 1.29 is 9.84 Å². The van der Waals surface area contributed by atoms with Crippen LogP contribution in [0.15, 0.2) is 35.3 Å². The highest BCUT2D eigenvalue weighted by atomic mass is 32.1. The van der Waals surface area contributed by atoms with Crippen molar-refractivity contribution in [3.05, 3.63) is 46.4 Å². The third kappa shape index (κ3) is 2.92. The fraction of sp³-hybridized carbons (Fsp3) is 0.214. The number of benzene rings is 1. The Morgan fingerprint density at radius 3 is 3.00 bits per heavy atom. The Hall–Kier alpha value is -2.45. The van der Waals surface area contributed by atoms with Crippen LogP contribution in [0, 0.1) is 6.92 Å². The van der Waals surface area contributed by atoms with E-state index in [-0.39, 0.29) is 18.8 Å². The number of aromatic nitrogens is 3. The molecule has 0 atom stereocenters. The number of nitrogens with zero attached hydrogens (tertiary/aromatic N) is 3. The van der Waals surface area contributed by atoms with Crippen LogP contribution in [0.5, 0.6) is 5.75 Å². The maximum absolute atomic E-state index is 11.6. The minimum Gasteiger partial charge on any atom is -0.491 e. The quantitative estimate of drug-likeness (QED) is 0.742. The summed E-state index contributed by atoms with van der Waals surface area (Å²) in [7, 11) is 0. The van der Waals surface area contributed by atoms with Crippen LogP contribution in [0.1, 0.15) is 5.56 Å². The van der Waals surface area contributed by atoms with E-state index in [2.05, 4.69) is 15.4 Å². The molecule has 2 N–H and O–H groups in total. The Kier molecular flexibility index (Phi) is 4.03. The SMILES string of the molecule is Cc1cc(Nc2nn3c(=O)ccnc3s2)ccc1OCCO. The maximum atomic E-state index is 11.6. The molecule has 7 nitrogen and oxygen atoms in total. The number of rotatable bonds is 5. The van der Waals surface area contributed by atoms with Gasteiger partial charge in [0, 0.05) is 18.0 Å². The lowest BCUT2D eigenvalue weighted by Gasteiger charge is -2.09. The average Bonchev–Trinajstić information content (AvgIpc) is 2.90. The van der Waals surface area contributed by atoms with E-state index >= 15 is 0 Å². The normalized spacial score (nSPS) is 10.8. The summed E-state index contributed by atoms with van der Waals surface area (Å²) in [6.45, 7) is 2.16. The first-order valence-corrected chi connectivity index (χ1v) is 7.45. The summed E-state index contributed by atoms with van der Waals surface area (Å²) in [6, 6.07) is 6.95. The third-order valence-electron chi connectivity index (χ3n) is 2.95. The first-order chi connectivity index (χ1) is 10.7. The summed E-state index contributed by atoms with van der Waals surface area (Å²) in [4.78, 5) is 16.3. The van der Waals surface area contributed by atoms with E-state index in [1.807, 2.05) is 25.1 Å². The molecule has 0 aliphatic carbocycles. The maximum Gasteiger partial charge on any atom is 0.275 e. The van der Waals surface area contributed by atoms with Gasteiger partial charge in [0.05, 0.1) is 6.61 Å². The van der Waals surface area contributed by atoms with E-state index in [4.69, 9.17) is 9.84 Å². The van der Waals surface area contributed by atoms with Gasteiger partial charge in [-0.2, -0.15) is 4.52 Å². The predicted molar refractivity (Wildman–Crippen MR) is 84.2 cm³/mol. The molecule has 0 saturated carbocycles. The van der Waals surface area contributed by atoms with E-state index in [0.29, 0.717) is 10.1 Å². The van der Waals surface area contributed by atoms with E-state index in [1.165, 1.54) is 28.1 Å². The molecule has 114 valence electrons. The summed E-state index contributed by atoms with van der Waals surface area (Å²) in [6.07, 6.45) is 1.47. The lowest BCUT2D eigenvalue weighted by molar-refractivity contribution is 0.200. The molecular formula is C14H14N4O3S. The van der Waals surface area contributed by atoms with Gasteiger partial charge in [-0.1, -0.05) is 11.3 Å². The molecule has 1 aromatic carbocycles. The number of aryl methyl sites for hydroxylation is 1. The fourth-order valence-electron chi connectivity index (χ4n) is 1.96. The molecule has 8 heteroatoms. The third-order valence-corrected chi connectivity index (χ3v) is 3.78. The van der Waals surface area contributed by atoms with Crippen molar-refractivity contribution in [3.63, 3.8) is 0 Å². The number of ether oxygens (including phenoxy) is 1. The van der Waals surface area contributed by atoms with Crippen LogP contribution in [0.25, 0.3) is 4.96 Å². The van der Waals surface area contributed by atoms with Gasteiger partial charge in [0.15, 0.2) is 0 Å². The molecule has 3 rings (SSSR count). The zero-order valence-corrected chi connectivity index (χ0v) is 12.6. The highest BCUT2D eigenvalue weighted by Crippen LogP contribution is 2.26. The molecule has 22 heavy (non-hydrogen) atoms. The number of anilines is 2. The molecule has 2 heterocycles. The van der Waals surface area contributed by atoms with Crippen LogP contribution in [-0.4, -0.2) is 32.9 Å². The van der Waals surface area contributed by atoms with Crippen molar-refractivity contribution in [1.82, 2.24) is 14.6 Å². The van der Waals surface area contributed by atoms with Crippen molar-refractivity contribution in [1.29, 1.82) is 0 Å². The Morgan fingerprint density at radius 2 is 2.27 bits per heavy atom. The zero-order chi connectivity index (χ0) is 15.5. The lowest BCUT2D eigenvalue weighted by atomic mass is 10.2. The van der Waals surface area contributed by atoms with E-state index in [0.717, 1.165) is 17.0 Å². The Bertz CT molecular complexity index is 859. The van der Waals surface area contributed by atoms with Gasteiger partial charge in [0.25, 0.3) is 5.56 Å². The van der Waals surface area contributed by atoms with Gasteiger partial charge >= 0.3 is 0 Å². The molecule has 0 fully saturated rings. The van der Waals surface area contributed by atoms with Gasteiger partial charge in [0.2, 0.25) is 10.1 Å². The van der Waals surface area contributed by atoms with Crippen LogP contribution in [0.3, 0.4) is 0 Å². The van der Waals surface area contributed by atoms with Gasteiger partial charge in [0.1, 0.15) is 12.4 Å². The van der Waals surface area contributed by atoms with Crippen molar-refractivity contribution in [2.45, 2.75) is 6.92 Å². The number of aliphatic hydroxyl groups is 1. The number of hydrogen-bond donors (Lipinski definition) is 2. The zero-order valence-electron chi connectivity index (χ0n) is 11.8. The van der Waals surface area contributed by atoms with Gasteiger partial charge in [-0.05, 0) is 30.7 Å². The van der Waals surface area contributed by atoms with E-state index in [9.17, 15) is 4.79 Å². The van der Waals surface area contributed by atoms with Crippen LogP contribution < -0.4 is 15.6 Å². The summed E-state index contributed by atoms with van der Waals surface area (Å²) in [5.41, 5.74) is 1.56. The molecule has 0 amide bonds.